The van der Waals surface area contributed by atoms with Gasteiger partial charge in [-0.1, -0.05) is 12.1 Å². The van der Waals surface area contributed by atoms with Gasteiger partial charge >= 0.3 is 0 Å². The van der Waals surface area contributed by atoms with E-state index >= 15 is 0 Å². The summed E-state index contributed by atoms with van der Waals surface area (Å²) in [6, 6.07) is 11.8. The molecule has 0 saturated carbocycles. The third-order valence-electron chi connectivity index (χ3n) is 6.30. The monoisotopic (exact) mass is 462 g/mol. The number of carbonyl (C=O) groups excluding carboxylic acids is 1. The Morgan fingerprint density at radius 3 is 2.38 bits per heavy atom. The summed E-state index contributed by atoms with van der Waals surface area (Å²) in [5.74, 6) is 2.49. The molecule has 0 spiro atoms. The van der Waals surface area contributed by atoms with Crippen LogP contribution >= 0.6 is 0 Å². The summed E-state index contributed by atoms with van der Waals surface area (Å²) in [5, 5.41) is 16.6. The molecule has 2 aromatic heterocycles. The van der Waals surface area contributed by atoms with Crippen LogP contribution in [-0.4, -0.2) is 45.6 Å². The van der Waals surface area contributed by atoms with Gasteiger partial charge in [0, 0.05) is 31.7 Å². The summed E-state index contributed by atoms with van der Waals surface area (Å²) in [6.45, 7) is 9.18. The van der Waals surface area contributed by atoms with Crippen LogP contribution in [0.5, 0.6) is 5.75 Å². The Labute approximate surface area is 201 Å². The molecule has 1 aliphatic heterocycles. The van der Waals surface area contributed by atoms with E-state index < -0.39 is 0 Å². The van der Waals surface area contributed by atoms with Gasteiger partial charge in [-0.3, -0.25) is 4.79 Å². The molecule has 180 valence electrons. The van der Waals surface area contributed by atoms with Crippen molar-refractivity contribution in [1.29, 1.82) is 0 Å². The lowest BCUT2D eigenvalue weighted by atomic mass is 10.1. The first-order valence-corrected chi connectivity index (χ1v) is 12.2. The second kappa shape index (κ2) is 11.1. The lowest BCUT2D eigenvalue weighted by Gasteiger charge is -2.27. The van der Waals surface area contributed by atoms with E-state index in [1.807, 2.05) is 61.9 Å². The minimum atomic E-state index is 0.0195. The van der Waals surface area contributed by atoms with Gasteiger partial charge in [0.05, 0.1) is 12.3 Å². The number of piperidine rings is 1. The van der Waals surface area contributed by atoms with E-state index in [2.05, 4.69) is 25.5 Å². The number of benzene rings is 1. The highest BCUT2D eigenvalue weighted by Crippen LogP contribution is 2.21. The van der Waals surface area contributed by atoms with Gasteiger partial charge in [0.2, 0.25) is 5.91 Å². The third kappa shape index (κ3) is 5.73. The van der Waals surface area contributed by atoms with Crippen LogP contribution in [0, 0.1) is 13.8 Å². The number of nitrogens with one attached hydrogen (secondary N) is 1. The van der Waals surface area contributed by atoms with Crippen molar-refractivity contribution < 1.29 is 9.53 Å². The maximum Gasteiger partial charge on any atom is 0.220 e. The molecule has 0 atom stereocenters. The number of rotatable bonds is 9. The number of hydrogen-bond acceptors (Lipinski definition) is 6. The predicted molar refractivity (Wildman–Crippen MR) is 132 cm³/mol. The predicted octanol–water partition coefficient (Wildman–Crippen LogP) is 3.92. The molecule has 3 aromatic rings. The van der Waals surface area contributed by atoms with Gasteiger partial charge in [0.1, 0.15) is 5.75 Å². The minimum absolute atomic E-state index is 0.0195. The molecular formula is C26H34N6O2. The number of hydrogen-bond donors (Lipinski definition) is 1. The zero-order chi connectivity index (χ0) is 23.9. The number of ether oxygens (including phenoxy) is 1. The number of nitrogens with zero attached hydrogens (tertiary/aromatic N) is 5. The number of amides is 1. The number of aromatic nitrogens is 4. The van der Waals surface area contributed by atoms with Gasteiger partial charge in [0.15, 0.2) is 11.6 Å². The average molecular weight is 463 g/mol. The molecule has 8 heteroatoms. The van der Waals surface area contributed by atoms with Crippen molar-refractivity contribution in [1.82, 2.24) is 25.3 Å². The maximum atomic E-state index is 12.5. The highest BCUT2D eigenvalue weighted by Gasteiger charge is 2.17. The molecule has 1 fully saturated rings. The Morgan fingerprint density at radius 1 is 1.00 bits per heavy atom. The Morgan fingerprint density at radius 2 is 1.71 bits per heavy atom. The van der Waals surface area contributed by atoms with Crippen molar-refractivity contribution in [3.63, 3.8) is 0 Å². The van der Waals surface area contributed by atoms with Crippen LogP contribution in [0.15, 0.2) is 36.4 Å². The third-order valence-corrected chi connectivity index (χ3v) is 6.30. The minimum Gasteiger partial charge on any atom is -0.494 e. The van der Waals surface area contributed by atoms with Crippen molar-refractivity contribution in [2.24, 2.45) is 0 Å². The SMILES string of the molecule is CCOc1ccc(CNC(=O)CCc2c(C)nn(-c3ccc(N4CCCCC4)nn3)c2C)cc1. The van der Waals surface area contributed by atoms with Crippen LogP contribution < -0.4 is 15.0 Å². The quantitative estimate of drug-likeness (QED) is 0.519. The summed E-state index contributed by atoms with van der Waals surface area (Å²) in [5.41, 5.74) is 4.04. The first kappa shape index (κ1) is 23.7. The van der Waals surface area contributed by atoms with E-state index in [1.165, 1.54) is 19.3 Å². The standard InChI is InChI=1S/C26H34N6O2/c1-4-34-22-10-8-21(9-11-22)18-27-26(33)15-12-23-19(2)30-32(20(23)3)25-14-13-24(28-29-25)31-16-6-5-7-17-31/h8-11,13-14H,4-7,12,15-18H2,1-3H3,(H,27,33). The molecule has 0 bridgehead atoms. The first-order chi connectivity index (χ1) is 16.5. The van der Waals surface area contributed by atoms with Crippen molar-refractivity contribution in [2.45, 2.75) is 59.4 Å². The second-order valence-corrected chi connectivity index (χ2v) is 8.71. The highest BCUT2D eigenvalue weighted by molar-refractivity contribution is 5.76. The average Bonchev–Trinajstić information content (AvgIpc) is 3.16. The van der Waals surface area contributed by atoms with E-state index in [4.69, 9.17) is 4.74 Å². The molecule has 1 N–H and O–H groups in total. The highest BCUT2D eigenvalue weighted by atomic mass is 16.5. The van der Waals surface area contributed by atoms with E-state index in [0.717, 1.165) is 47.2 Å². The second-order valence-electron chi connectivity index (χ2n) is 8.71. The summed E-state index contributed by atoms with van der Waals surface area (Å²) in [7, 11) is 0. The van der Waals surface area contributed by atoms with Gasteiger partial charge in [-0.2, -0.15) is 5.10 Å². The molecule has 3 heterocycles. The molecular weight excluding hydrogens is 428 g/mol. The number of carbonyl (C=O) groups is 1. The van der Waals surface area contributed by atoms with Gasteiger partial charge < -0.3 is 15.0 Å². The van der Waals surface area contributed by atoms with E-state index in [0.29, 0.717) is 31.8 Å². The lowest BCUT2D eigenvalue weighted by Crippen LogP contribution is -2.30. The molecule has 0 radical (unpaired) electrons. The Bertz CT molecular complexity index is 1090. The van der Waals surface area contributed by atoms with Crippen LogP contribution in [0.3, 0.4) is 0 Å². The maximum absolute atomic E-state index is 12.5. The summed E-state index contributed by atoms with van der Waals surface area (Å²) < 4.78 is 7.29. The fraction of sp³-hybridized carbons (Fsp3) is 0.462. The summed E-state index contributed by atoms with van der Waals surface area (Å²) in [6.07, 6.45) is 4.74. The molecule has 0 unspecified atom stereocenters. The normalized spacial score (nSPS) is 13.7. The zero-order valence-corrected chi connectivity index (χ0v) is 20.4. The van der Waals surface area contributed by atoms with E-state index in [9.17, 15) is 4.79 Å². The van der Waals surface area contributed by atoms with Gasteiger partial charge in [0.25, 0.3) is 0 Å². The van der Waals surface area contributed by atoms with Gasteiger partial charge in [-0.25, -0.2) is 4.68 Å². The van der Waals surface area contributed by atoms with Crippen LogP contribution in [0.1, 0.15) is 55.1 Å². The molecule has 4 rings (SSSR count). The topological polar surface area (TPSA) is 85.2 Å². The van der Waals surface area contributed by atoms with E-state index in [1.54, 1.807) is 0 Å². The van der Waals surface area contributed by atoms with Crippen LogP contribution in [0.25, 0.3) is 5.82 Å². The zero-order valence-electron chi connectivity index (χ0n) is 20.4. The molecule has 0 aliphatic carbocycles. The molecule has 1 amide bonds. The Balaban J connectivity index is 1.33. The Hall–Kier alpha value is -3.42. The molecule has 1 aliphatic rings. The first-order valence-electron chi connectivity index (χ1n) is 12.2. The van der Waals surface area contributed by atoms with Crippen molar-refractivity contribution in [3.8, 4) is 11.6 Å². The Kier molecular flexibility index (Phi) is 7.77. The molecule has 1 saturated heterocycles. The number of anilines is 1. The molecule has 34 heavy (non-hydrogen) atoms. The lowest BCUT2D eigenvalue weighted by molar-refractivity contribution is -0.121. The summed E-state index contributed by atoms with van der Waals surface area (Å²) >= 11 is 0. The summed E-state index contributed by atoms with van der Waals surface area (Å²) in [4.78, 5) is 14.7. The van der Waals surface area contributed by atoms with Crippen molar-refractivity contribution in [3.05, 3.63) is 58.9 Å². The largest absolute Gasteiger partial charge is 0.494 e. The fourth-order valence-corrected chi connectivity index (χ4v) is 4.38. The number of aryl methyl sites for hydroxylation is 1. The van der Waals surface area contributed by atoms with Crippen LogP contribution in [-0.2, 0) is 17.8 Å². The van der Waals surface area contributed by atoms with Crippen molar-refractivity contribution in [2.75, 3.05) is 24.6 Å². The van der Waals surface area contributed by atoms with Crippen molar-refractivity contribution >= 4 is 11.7 Å². The van der Waals surface area contributed by atoms with Gasteiger partial charge in [-0.15, -0.1) is 10.2 Å². The van der Waals surface area contributed by atoms with E-state index in [-0.39, 0.29) is 5.91 Å². The molecule has 8 nitrogen and oxygen atoms in total. The van der Waals surface area contributed by atoms with Crippen LogP contribution in [0.2, 0.25) is 0 Å². The van der Waals surface area contributed by atoms with Crippen LogP contribution in [0.4, 0.5) is 5.82 Å². The molecule has 1 aromatic carbocycles. The fourth-order valence-electron chi connectivity index (χ4n) is 4.38. The van der Waals surface area contributed by atoms with Gasteiger partial charge in [-0.05, 0) is 81.8 Å². The smallest absolute Gasteiger partial charge is 0.220 e.